The van der Waals surface area contributed by atoms with Gasteiger partial charge in [0, 0.05) is 17.0 Å². The SMILES string of the molecule is CCC1c2ccsc2CCN1C(=O)CSc1nnc(-c2ccc(OC)cc2)n1Cc1ccco1. The third-order valence-electron chi connectivity index (χ3n) is 6.09. The Balaban J connectivity index is 1.37. The number of amides is 1. The number of nitrogens with zero attached hydrogens (tertiary/aromatic N) is 4. The average Bonchev–Trinajstić information content (AvgIpc) is 3.63. The van der Waals surface area contributed by atoms with Gasteiger partial charge in [-0.1, -0.05) is 18.7 Å². The summed E-state index contributed by atoms with van der Waals surface area (Å²) in [6.07, 6.45) is 3.50. The summed E-state index contributed by atoms with van der Waals surface area (Å²) in [7, 11) is 1.64. The molecule has 1 aliphatic heterocycles. The molecule has 9 heteroatoms. The van der Waals surface area contributed by atoms with E-state index in [1.165, 1.54) is 22.2 Å². The number of ether oxygens (including phenoxy) is 1. The molecule has 1 aromatic carbocycles. The molecule has 1 atom stereocenters. The van der Waals surface area contributed by atoms with Crippen molar-refractivity contribution < 1.29 is 13.9 Å². The second-order valence-electron chi connectivity index (χ2n) is 8.05. The Morgan fingerprint density at radius 2 is 2.09 bits per heavy atom. The molecule has 1 aliphatic rings. The Hall–Kier alpha value is -3.04. The Morgan fingerprint density at radius 3 is 2.82 bits per heavy atom. The van der Waals surface area contributed by atoms with Gasteiger partial charge >= 0.3 is 0 Å². The Bertz CT molecular complexity index is 1250. The zero-order valence-electron chi connectivity index (χ0n) is 19.1. The van der Waals surface area contributed by atoms with Crippen LogP contribution in [0.3, 0.4) is 0 Å². The summed E-state index contributed by atoms with van der Waals surface area (Å²) in [5, 5.41) is 11.7. The first-order valence-corrected chi connectivity index (χ1v) is 13.1. The van der Waals surface area contributed by atoms with E-state index in [9.17, 15) is 4.79 Å². The lowest BCUT2D eigenvalue weighted by Crippen LogP contribution is -2.40. The van der Waals surface area contributed by atoms with Crippen molar-refractivity contribution in [2.75, 3.05) is 19.4 Å². The van der Waals surface area contributed by atoms with E-state index in [4.69, 9.17) is 9.15 Å². The van der Waals surface area contributed by atoms with Crippen molar-refractivity contribution in [3.05, 3.63) is 70.3 Å². The van der Waals surface area contributed by atoms with Crippen LogP contribution in [-0.2, 0) is 17.8 Å². The number of furan rings is 1. The first-order valence-electron chi connectivity index (χ1n) is 11.3. The van der Waals surface area contributed by atoms with Crippen LogP contribution in [0.2, 0.25) is 0 Å². The van der Waals surface area contributed by atoms with E-state index < -0.39 is 0 Å². The summed E-state index contributed by atoms with van der Waals surface area (Å²) in [4.78, 5) is 16.7. The number of carbonyl (C=O) groups excluding carboxylic acids is 1. The number of fused-ring (bicyclic) bond motifs is 1. The van der Waals surface area contributed by atoms with Crippen molar-refractivity contribution in [1.82, 2.24) is 19.7 Å². The van der Waals surface area contributed by atoms with Crippen LogP contribution in [0.4, 0.5) is 0 Å². The summed E-state index contributed by atoms with van der Waals surface area (Å²) in [5.74, 6) is 2.75. The van der Waals surface area contributed by atoms with Crippen LogP contribution in [0.5, 0.6) is 5.75 Å². The zero-order valence-corrected chi connectivity index (χ0v) is 20.8. The van der Waals surface area contributed by atoms with Crippen molar-refractivity contribution >= 4 is 29.0 Å². The third-order valence-corrected chi connectivity index (χ3v) is 8.03. The van der Waals surface area contributed by atoms with E-state index >= 15 is 0 Å². The Kier molecular flexibility index (Phi) is 6.73. The monoisotopic (exact) mass is 494 g/mol. The van der Waals surface area contributed by atoms with E-state index in [1.807, 2.05) is 45.9 Å². The van der Waals surface area contributed by atoms with Gasteiger partial charge < -0.3 is 14.1 Å². The van der Waals surface area contributed by atoms with Crippen LogP contribution < -0.4 is 4.74 Å². The maximum Gasteiger partial charge on any atom is 0.233 e. The lowest BCUT2D eigenvalue weighted by atomic mass is 9.98. The molecule has 4 heterocycles. The quantitative estimate of drug-likeness (QED) is 0.310. The molecule has 0 saturated heterocycles. The third kappa shape index (κ3) is 4.50. The van der Waals surface area contributed by atoms with E-state index in [2.05, 4.69) is 28.6 Å². The number of methoxy groups -OCH3 is 1. The molecule has 176 valence electrons. The number of thioether (sulfide) groups is 1. The van der Waals surface area contributed by atoms with Gasteiger partial charge in [-0.2, -0.15) is 0 Å². The molecule has 0 bridgehead atoms. The average molecular weight is 495 g/mol. The lowest BCUT2D eigenvalue weighted by molar-refractivity contribution is -0.131. The van der Waals surface area contributed by atoms with Gasteiger partial charge in [0.2, 0.25) is 5.91 Å². The van der Waals surface area contributed by atoms with Crippen LogP contribution in [0, 0.1) is 0 Å². The molecule has 0 spiro atoms. The van der Waals surface area contributed by atoms with Gasteiger partial charge in [-0.15, -0.1) is 21.5 Å². The van der Waals surface area contributed by atoms with Gasteiger partial charge in [0.15, 0.2) is 11.0 Å². The van der Waals surface area contributed by atoms with E-state index in [1.54, 1.807) is 24.7 Å². The smallest absolute Gasteiger partial charge is 0.233 e. The molecule has 0 aliphatic carbocycles. The molecular formula is C25H26N4O3S2. The molecule has 4 aromatic rings. The van der Waals surface area contributed by atoms with Crippen LogP contribution >= 0.6 is 23.1 Å². The summed E-state index contributed by atoms with van der Waals surface area (Å²) >= 11 is 3.22. The molecule has 3 aromatic heterocycles. The molecule has 1 amide bonds. The van der Waals surface area contributed by atoms with Crippen LogP contribution in [0.1, 0.15) is 35.6 Å². The van der Waals surface area contributed by atoms with Gasteiger partial charge in [-0.3, -0.25) is 9.36 Å². The van der Waals surface area contributed by atoms with Gasteiger partial charge in [0.1, 0.15) is 11.5 Å². The number of carbonyl (C=O) groups is 1. The Morgan fingerprint density at radius 1 is 1.24 bits per heavy atom. The van der Waals surface area contributed by atoms with Gasteiger partial charge in [-0.05, 0) is 66.2 Å². The van der Waals surface area contributed by atoms with E-state index in [0.717, 1.165) is 42.3 Å². The van der Waals surface area contributed by atoms with Crippen molar-refractivity contribution in [2.24, 2.45) is 0 Å². The van der Waals surface area contributed by atoms with Gasteiger partial charge in [0.05, 0.1) is 31.7 Å². The van der Waals surface area contributed by atoms with Crippen molar-refractivity contribution in [3.8, 4) is 17.1 Å². The maximum absolute atomic E-state index is 13.3. The molecule has 7 nitrogen and oxygen atoms in total. The fourth-order valence-corrected chi connectivity index (χ4v) is 6.15. The van der Waals surface area contributed by atoms with Crippen LogP contribution in [-0.4, -0.2) is 45.0 Å². The van der Waals surface area contributed by atoms with Crippen molar-refractivity contribution in [3.63, 3.8) is 0 Å². The fourth-order valence-electron chi connectivity index (χ4n) is 4.39. The first kappa shape index (κ1) is 22.7. The number of hydrogen-bond donors (Lipinski definition) is 0. The zero-order chi connectivity index (χ0) is 23.5. The standard InChI is InChI=1S/C25H26N4O3S2/c1-3-21-20-11-14-33-22(20)10-12-28(21)23(30)16-34-25-27-26-24(17-6-8-18(31-2)9-7-17)29(25)15-19-5-4-13-32-19/h4-9,11,13-14,21H,3,10,12,15-16H2,1-2H3. The summed E-state index contributed by atoms with van der Waals surface area (Å²) in [5.41, 5.74) is 2.23. The van der Waals surface area contributed by atoms with Crippen LogP contribution in [0.15, 0.2) is 63.7 Å². The van der Waals surface area contributed by atoms with Gasteiger partial charge in [-0.25, -0.2) is 0 Å². The normalized spacial score (nSPS) is 15.4. The summed E-state index contributed by atoms with van der Waals surface area (Å²) in [6.45, 7) is 3.39. The summed E-state index contributed by atoms with van der Waals surface area (Å²) in [6, 6.07) is 13.8. The molecular weight excluding hydrogens is 468 g/mol. The minimum absolute atomic E-state index is 0.132. The number of benzene rings is 1. The molecule has 0 saturated carbocycles. The highest BCUT2D eigenvalue weighted by Gasteiger charge is 2.30. The number of aromatic nitrogens is 3. The highest BCUT2D eigenvalue weighted by atomic mass is 32.2. The lowest BCUT2D eigenvalue weighted by Gasteiger charge is -2.35. The number of thiophene rings is 1. The second-order valence-corrected chi connectivity index (χ2v) is 9.99. The second kappa shape index (κ2) is 10.1. The molecule has 1 unspecified atom stereocenters. The predicted octanol–water partition coefficient (Wildman–Crippen LogP) is 5.28. The minimum atomic E-state index is 0.132. The van der Waals surface area contributed by atoms with E-state index in [0.29, 0.717) is 17.5 Å². The highest BCUT2D eigenvalue weighted by molar-refractivity contribution is 7.99. The highest BCUT2D eigenvalue weighted by Crippen LogP contribution is 2.36. The molecule has 34 heavy (non-hydrogen) atoms. The predicted molar refractivity (Wildman–Crippen MR) is 133 cm³/mol. The fraction of sp³-hybridized carbons (Fsp3) is 0.320. The number of hydrogen-bond acceptors (Lipinski definition) is 7. The summed E-state index contributed by atoms with van der Waals surface area (Å²) < 4.78 is 12.9. The Labute approximate surface area is 206 Å². The van der Waals surface area contributed by atoms with E-state index in [-0.39, 0.29) is 11.9 Å². The van der Waals surface area contributed by atoms with Gasteiger partial charge in [0.25, 0.3) is 0 Å². The largest absolute Gasteiger partial charge is 0.497 e. The molecule has 0 fully saturated rings. The van der Waals surface area contributed by atoms with Crippen molar-refractivity contribution in [1.29, 1.82) is 0 Å². The molecule has 5 rings (SSSR count). The van der Waals surface area contributed by atoms with Crippen LogP contribution in [0.25, 0.3) is 11.4 Å². The first-order chi connectivity index (χ1) is 16.7. The topological polar surface area (TPSA) is 73.4 Å². The molecule has 0 radical (unpaired) electrons. The van der Waals surface area contributed by atoms with Crippen molar-refractivity contribution in [2.45, 2.75) is 37.5 Å². The molecule has 0 N–H and O–H groups in total. The minimum Gasteiger partial charge on any atom is -0.497 e. The number of rotatable bonds is 8. The maximum atomic E-state index is 13.3.